The van der Waals surface area contributed by atoms with Crippen LogP contribution in [0.15, 0.2) is 54.6 Å². The quantitative estimate of drug-likeness (QED) is 0.673. The molecule has 0 saturated carbocycles. The largest absolute Gasteiger partial charge is 0.334 e. The molecule has 3 amide bonds. The van der Waals surface area contributed by atoms with Crippen LogP contribution in [-0.4, -0.2) is 34.4 Å². The van der Waals surface area contributed by atoms with Gasteiger partial charge in [-0.25, -0.2) is 9.78 Å². The molecule has 0 aliphatic carbocycles. The van der Waals surface area contributed by atoms with Gasteiger partial charge in [0.15, 0.2) is 0 Å². The third-order valence-corrected chi connectivity index (χ3v) is 6.44. The van der Waals surface area contributed by atoms with E-state index in [0.29, 0.717) is 6.54 Å². The number of amides is 3. The van der Waals surface area contributed by atoms with Crippen molar-refractivity contribution < 1.29 is 9.59 Å². The van der Waals surface area contributed by atoms with Crippen LogP contribution in [0.4, 0.5) is 4.79 Å². The first kappa shape index (κ1) is 19.5. The number of carbonyl (C=O) groups excluding carboxylic acids is 2. The Morgan fingerprint density at radius 1 is 1.17 bits per heavy atom. The van der Waals surface area contributed by atoms with Crippen LogP contribution >= 0.6 is 11.3 Å². The average molecular weight is 409 g/mol. The summed E-state index contributed by atoms with van der Waals surface area (Å²) in [4.78, 5) is 31.7. The summed E-state index contributed by atoms with van der Waals surface area (Å²) in [7, 11) is 0. The molecule has 6 nitrogen and oxygen atoms in total. The van der Waals surface area contributed by atoms with Crippen molar-refractivity contribution in [2.45, 2.75) is 38.4 Å². The van der Waals surface area contributed by atoms with Crippen LogP contribution < -0.4 is 10.6 Å². The third-order valence-electron chi connectivity index (χ3n) is 5.30. The summed E-state index contributed by atoms with van der Waals surface area (Å²) < 4.78 is 1.16. The summed E-state index contributed by atoms with van der Waals surface area (Å²) in [5.41, 5.74) is 1.98. The molecule has 2 N–H and O–H groups in total. The van der Waals surface area contributed by atoms with Gasteiger partial charge in [0.1, 0.15) is 5.01 Å². The molecule has 0 spiro atoms. The highest BCUT2D eigenvalue weighted by Crippen LogP contribution is 2.37. The maximum Gasteiger partial charge on any atom is 0.321 e. The zero-order chi connectivity index (χ0) is 20.2. The molecule has 1 aliphatic rings. The lowest BCUT2D eigenvalue weighted by molar-refractivity contribution is -0.125. The van der Waals surface area contributed by atoms with Crippen LogP contribution in [0.1, 0.15) is 36.4 Å². The average Bonchev–Trinajstić information content (AvgIpc) is 3.39. The molecule has 1 fully saturated rings. The highest BCUT2D eigenvalue weighted by Gasteiger charge is 2.35. The fraction of sp³-hybridized carbons (Fsp3) is 0.318. The first-order chi connectivity index (χ1) is 14.1. The molecule has 3 aromatic rings. The summed E-state index contributed by atoms with van der Waals surface area (Å²) in [6.07, 6.45) is 1.98. The molecule has 2 unspecified atom stereocenters. The van der Waals surface area contributed by atoms with Crippen molar-refractivity contribution in [2.24, 2.45) is 0 Å². The number of aromatic nitrogens is 1. The molecule has 7 heteroatoms. The minimum Gasteiger partial charge on any atom is -0.334 e. The number of hydrogen-bond acceptors (Lipinski definition) is 5. The Morgan fingerprint density at radius 2 is 1.93 bits per heavy atom. The summed E-state index contributed by atoms with van der Waals surface area (Å²) in [5.74, 6) is -0.288. The van der Waals surface area contributed by atoms with Gasteiger partial charge in [-0.3, -0.25) is 15.0 Å². The summed E-state index contributed by atoms with van der Waals surface area (Å²) in [5, 5.41) is 6.25. The maximum atomic E-state index is 12.7. The number of benzene rings is 2. The van der Waals surface area contributed by atoms with E-state index in [1.54, 1.807) is 11.3 Å². The lowest BCUT2D eigenvalue weighted by Gasteiger charge is -2.28. The first-order valence-corrected chi connectivity index (χ1v) is 10.7. The van der Waals surface area contributed by atoms with E-state index in [2.05, 4.69) is 21.6 Å². The molecule has 1 saturated heterocycles. The molecular formula is C22H24N4O2S. The number of urea groups is 1. The van der Waals surface area contributed by atoms with Crippen molar-refractivity contribution >= 4 is 33.5 Å². The minimum atomic E-state index is -0.471. The van der Waals surface area contributed by atoms with Gasteiger partial charge in [0, 0.05) is 6.54 Å². The summed E-state index contributed by atoms with van der Waals surface area (Å²) in [6, 6.07) is 16.9. The van der Waals surface area contributed by atoms with Crippen molar-refractivity contribution in [1.29, 1.82) is 0 Å². The van der Waals surface area contributed by atoms with Crippen molar-refractivity contribution in [3.8, 4) is 0 Å². The van der Waals surface area contributed by atoms with Crippen LogP contribution in [0.2, 0.25) is 0 Å². The van der Waals surface area contributed by atoms with E-state index in [4.69, 9.17) is 4.98 Å². The molecule has 2 heterocycles. The van der Waals surface area contributed by atoms with Gasteiger partial charge < -0.3 is 5.32 Å². The standard InChI is InChI=1S/C22H24N4O2S/c1-15(20(27)25-22(28)23-14-16-8-3-2-4-9-16)26-13-7-11-18(26)21-24-17-10-5-6-12-19(17)29-21/h2-6,8-10,12,15,18H,7,11,13-14H2,1H3,(H2,23,25,27,28). The van der Waals surface area contributed by atoms with Crippen LogP contribution in [0.3, 0.4) is 0 Å². The van der Waals surface area contributed by atoms with Crippen molar-refractivity contribution in [1.82, 2.24) is 20.5 Å². The Kier molecular flexibility index (Phi) is 5.87. The third kappa shape index (κ3) is 4.46. The van der Waals surface area contributed by atoms with E-state index in [0.717, 1.165) is 40.2 Å². The van der Waals surface area contributed by atoms with Gasteiger partial charge in [0.2, 0.25) is 5.91 Å². The normalized spacial score (nSPS) is 17.9. The maximum absolute atomic E-state index is 12.7. The van der Waals surface area contributed by atoms with E-state index in [1.807, 2.05) is 55.5 Å². The zero-order valence-electron chi connectivity index (χ0n) is 16.3. The number of hydrogen-bond donors (Lipinski definition) is 2. The molecule has 1 aromatic heterocycles. The molecule has 2 aromatic carbocycles. The van der Waals surface area contributed by atoms with Crippen LogP contribution in [0, 0.1) is 0 Å². The number of para-hydroxylation sites is 1. The summed E-state index contributed by atoms with van der Waals surface area (Å²) >= 11 is 1.68. The van der Waals surface area contributed by atoms with E-state index in [-0.39, 0.29) is 11.9 Å². The molecule has 150 valence electrons. The molecule has 29 heavy (non-hydrogen) atoms. The SMILES string of the molecule is CC(C(=O)NC(=O)NCc1ccccc1)N1CCCC1c1nc2ccccc2s1. The number of carbonyl (C=O) groups is 2. The van der Waals surface area contributed by atoms with Gasteiger partial charge in [0.05, 0.1) is 22.3 Å². The number of nitrogens with one attached hydrogen (secondary N) is 2. The van der Waals surface area contributed by atoms with Gasteiger partial charge in [-0.05, 0) is 44.0 Å². The number of nitrogens with zero attached hydrogens (tertiary/aromatic N) is 2. The molecular weight excluding hydrogens is 384 g/mol. The van der Waals surface area contributed by atoms with Crippen molar-refractivity contribution in [2.75, 3.05) is 6.54 Å². The molecule has 0 radical (unpaired) electrons. The highest BCUT2D eigenvalue weighted by atomic mass is 32.1. The first-order valence-electron chi connectivity index (χ1n) is 9.85. The van der Waals surface area contributed by atoms with E-state index < -0.39 is 12.1 Å². The van der Waals surface area contributed by atoms with Gasteiger partial charge in [0.25, 0.3) is 0 Å². The Balaban J connectivity index is 1.37. The minimum absolute atomic E-state index is 0.112. The second-order valence-electron chi connectivity index (χ2n) is 7.25. The Hall–Kier alpha value is -2.77. The van der Waals surface area contributed by atoms with Crippen LogP contribution in [0.25, 0.3) is 10.2 Å². The predicted molar refractivity (Wildman–Crippen MR) is 115 cm³/mol. The van der Waals surface area contributed by atoms with Gasteiger partial charge in [-0.1, -0.05) is 42.5 Å². The fourth-order valence-electron chi connectivity index (χ4n) is 3.74. The predicted octanol–water partition coefficient (Wildman–Crippen LogP) is 3.85. The zero-order valence-corrected chi connectivity index (χ0v) is 17.1. The number of rotatable bonds is 5. The molecule has 0 bridgehead atoms. The lowest BCUT2D eigenvalue weighted by atomic mass is 10.2. The number of likely N-dealkylation sites (tertiary alicyclic amines) is 1. The topological polar surface area (TPSA) is 74.3 Å². The van der Waals surface area contributed by atoms with Gasteiger partial charge >= 0.3 is 6.03 Å². The van der Waals surface area contributed by atoms with Crippen LogP contribution in [0.5, 0.6) is 0 Å². The van der Waals surface area contributed by atoms with E-state index in [1.165, 1.54) is 0 Å². The smallest absolute Gasteiger partial charge is 0.321 e. The van der Waals surface area contributed by atoms with Gasteiger partial charge in [-0.15, -0.1) is 11.3 Å². The number of imide groups is 1. The Bertz CT molecular complexity index is 971. The Morgan fingerprint density at radius 3 is 2.72 bits per heavy atom. The highest BCUT2D eigenvalue weighted by molar-refractivity contribution is 7.18. The molecule has 2 atom stereocenters. The lowest BCUT2D eigenvalue weighted by Crippen LogP contribution is -2.49. The van der Waals surface area contributed by atoms with Crippen LogP contribution in [-0.2, 0) is 11.3 Å². The van der Waals surface area contributed by atoms with Crippen molar-refractivity contribution in [3.05, 3.63) is 65.2 Å². The van der Waals surface area contributed by atoms with Gasteiger partial charge in [-0.2, -0.15) is 0 Å². The molecule has 4 rings (SSSR count). The second kappa shape index (κ2) is 8.71. The van der Waals surface area contributed by atoms with E-state index >= 15 is 0 Å². The summed E-state index contributed by atoms with van der Waals surface area (Å²) in [6.45, 7) is 3.05. The number of thiazole rings is 1. The number of fused-ring (bicyclic) bond motifs is 1. The second-order valence-corrected chi connectivity index (χ2v) is 8.31. The van der Waals surface area contributed by atoms with Crippen molar-refractivity contribution in [3.63, 3.8) is 0 Å². The Labute approximate surface area is 173 Å². The van der Waals surface area contributed by atoms with E-state index in [9.17, 15) is 9.59 Å². The fourth-order valence-corrected chi connectivity index (χ4v) is 4.86. The monoisotopic (exact) mass is 408 g/mol. The molecule has 1 aliphatic heterocycles.